The summed E-state index contributed by atoms with van der Waals surface area (Å²) in [5.74, 6) is 0.547. The van der Waals surface area contributed by atoms with E-state index in [4.69, 9.17) is 5.26 Å². The van der Waals surface area contributed by atoms with Gasteiger partial charge in [-0.05, 0) is 20.0 Å². The highest BCUT2D eigenvalue weighted by Gasteiger charge is 2.12. The smallest absolute Gasteiger partial charge is 0.224 e. The van der Waals surface area contributed by atoms with E-state index in [1.807, 2.05) is 13.0 Å². The van der Waals surface area contributed by atoms with Gasteiger partial charge in [0.15, 0.2) is 0 Å². The molecular formula is C13H20N6. The van der Waals surface area contributed by atoms with Crippen molar-refractivity contribution in [2.24, 2.45) is 0 Å². The first-order chi connectivity index (χ1) is 9.17. The van der Waals surface area contributed by atoms with Crippen molar-refractivity contribution >= 4 is 5.95 Å². The van der Waals surface area contributed by atoms with Gasteiger partial charge in [-0.1, -0.05) is 0 Å². The first-order valence-corrected chi connectivity index (χ1v) is 6.58. The number of anilines is 1. The summed E-state index contributed by atoms with van der Waals surface area (Å²) in [5, 5.41) is 12.0. The summed E-state index contributed by atoms with van der Waals surface area (Å²) in [7, 11) is 2.15. The second-order valence-corrected chi connectivity index (χ2v) is 4.90. The van der Waals surface area contributed by atoms with Crippen molar-refractivity contribution in [3.05, 3.63) is 17.5 Å². The standard InChI is InChI=1S/C13H20N6/c1-11-9-12(10-14)17-13(16-11)15-3-4-19-7-5-18(2)6-8-19/h9H,3-8H2,1-2H3,(H,15,16,17). The Kier molecular flexibility index (Phi) is 4.66. The van der Waals surface area contributed by atoms with Crippen molar-refractivity contribution in [1.82, 2.24) is 19.8 Å². The summed E-state index contributed by atoms with van der Waals surface area (Å²) >= 11 is 0. The Hall–Kier alpha value is -1.71. The molecule has 0 aromatic carbocycles. The first-order valence-electron chi connectivity index (χ1n) is 6.58. The fraction of sp³-hybridized carbons (Fsp3) is 0.615. The molecule has 0 saturated carbocycles. The topological polar surface area (TPSA) is 68.1 Å². The Morgan fingerprint density at radius 1 is 1.32 bits per heavy atom. The third-order valence-corrected chi connectivity index (χ3v) is 3.28. The van der Waals surface area contributed by atoms with E-state index in [1.165, 1.54) is 0 Å². The monoisotopic (exact) mass is 260 g/mol. The number of piperazine rings is 1. The van der Waals surface area contributed by atoms with Gasteiger partial charge in [0.05, 0.1) is 0 Å². The van der Waals surface area contributed by atoms with Gasteiger partial charge in [0.2, 0.25) is 5.95 Å². The predicted molar refractivity (Wildman–Crippen MR) is 73.9 cm³/mol. The van der Waals surface area contributed by atoms with Gasteiger partial charge in [-0.2, -0.15) is 5.26 Å². The van der Waals surface area contributed by atoms with Crippen LogP contribution in [-0.2, 0) is 0 Å². The molecule has 0 atom stereocenters. The maximum Gasteiger partial charge on any atom is 0.224 e. The highest BCUT2D eigenvalue weighted by molar-refractivity contribution is 5.32. The minimum Gasteiger partial charge on any atom is -0.353 e. The van der Waals surface area contributed by atoms with Crippen LogP contribution in [0.25, 0.3) is 0 Å². The number of aryl methyl sites for hydroxylation is 1. The normalized spacial score (nSPS) is 17.1. The zero-order valence-electron chi connectivity index (χ0n) is 11.6. The van der Waals surface area contributed by atoms with Crippen LogP contribution in [0.15, 0.2) is 6.07 Å². The van der Waals surface area contributed by atoms with Gasteiger partial charge >= 0.3 is 0 Å². The highest BCUT2D eigenvalue weighted by atomic mass is 15.3. The van der Waals surface area contributed by atoms with Gasteiger partial charge in [0.1, 0.15) is 11.8 Å². The Morgan fingerprint density at radius 3 is 2.74 bits per heavy atom. The molecule has 19 heavy (non-hydrogen) atoms. The largest absolute Gasteiger partial charge is 0.353 e. The van der Waals surface area contributed by atoms with E-state index in [9.17, 15) is 0 Å². The molecule has 2 heterocycles. The Morgan fingerprint density at radius 2 is 2.05 bits per heavy atom. The molecule has 6 heteroatoms. The molecule has 0 spiro atoms. The van der Waals surface area contributed by atoms with Crippen LogP contribution in [0, 0.1) is 18.3 Å². The molecule has 0 unspecified atom stereocenters. The molecule has 0 bridgehead atoms. The zero-order valence-corrected chi connectivity index (χ0v) is 11.6. The van der Waals surface area contributed by atoms with Gasteiger partial charge in [-0.3, -0.25) is 4.90 Å². The molecule has 2 rings (SSSR count). The summed E-state index contributed by atoms with van der Waals surface area (Å²) < 4.78 is 0. The van der Waals surface area contributed by atoms with Gasteiger partial charge in [0, 0.05) is 45.0 Å². The Labute approximate surface area is 114 Å². The van der Waals surface area contributed by atoms with E-state index in [-0.39, 0.29) is 0 Å². The SMILES string of the molecule is Cc1cc(C#N)nc(NCCN2CCN(C)CC2)n1. The molecule has 1 aliphatic rings. The van der Waals surface area contributed by atoms with Crippen LogP contribution in [0.1, 0.15) is 11.4 Å². The second-order valence-electron chi connectivity index (χ2n) is 4.90. The van der Waals surface area contributed by atoms with Crippen LogP contribution >= 0.6 is 0 Å². The van der Waals surface area contributed by atoms with Crippen LogP contribution in [0.4, 0.5) is 5.95 Å². The van der Waals surface area contributed by atoms with Gasteiger partial charge < -0.3 is 10.2 Å². The van der Waals surface area contributed by atoms with Crippen LogP contribution in [-0.4, -0.2) is 66.1 Å². The maximum absolute atomic E-state index is 8.86. The third-order valence-electron chi connectivity index (χ3n) is 3.28. The van der Waals surface area contributed by atoms with Crippen molar-refractivity contribution in [3.8, 4) is 6.07 Å². The van der Waals surface area contributed by atoms with E-state index in [0.29, 0.717) is 11.6 Å². The first kappa shape index (κ1) is 13.7. The molecule has 102 valence electrons. The minimum absolute atomic E-state index is 0.412. The summed E-state index contributed by atoms with van der Waals surface area (Å²) in [5.41, 5.74) is 1.23. The van der Waals surface area contributed by atoms with Crippen molar-refractivity contribution in [2.45, 2.75) is 6.92 Å². The van der Waals surface area contributed by atoms with Gasteiger partial charge in [0.25, 0.3) is 0 Å². The lowest BCUT2D eigenvalue weighted by Crippen LogP contribution is -2.45. The van der Waals surface area contributed by atoms with E-state index in [1.54, 1.807) is 6.07 Å². The number of nitriles is 1. The van der Waals surface area contributed by atoms with Crippen molar-refractivity contribution in [2.75, 3.05) is 51.6 Å². The average Bonchev–Trinajstić information content (AvgIpc) is 2.40. The summed E-state index contributed by atoms with van der Waals surface area (Å²) in [6.45, 7) is 8.12. The fourth-order valence-corrected chi connectivity index (χ4v) is 2.10. The van der Waals surface area contributed by atoms with E-state index < -0.39 is 0 Å². The molecule has 1 aromatic rings. The van der Waals surface area contributed by atoms with E-state index in [2.05, 4.69) is 32.1 Å². The molecule has 6 nitrogen and oxygen atoms in total. The summed E-state index contributed by atoms with van der Waals surface area (Å²) in [6.07, 6.45) is 0. The molecule has 0 amide bonds. The zero-order chi connectivity index (χ0) is 13.7. The molecule has 1 N–H and O–H groups in total. The third kappa shape index (κ3) is 4.16. The van der Waals surface area contributed by atoms with Crippen LogP contribution in [0.2, 0.25) is 0 Å². The molecule has 1 saturated heterocycles. The number of aromatic nitrogens is 2. The molecule has 0 radical (unpaired) electrons. The maximum atomic E-state index is 8.86. The van der Waals surface area contributed by atoms with Crippen molar-refractivity contribution < 1.29 is 0 Å². The Balaban J connectivity index is 1.79. The number of likely N-dealkylation sites (N-methyl/N-ethyl adjacent to an activating group) is 1. The van der Waals surface area contributed by atoms with Gasteiger partial charge in [-0.25, -0.2) is 9.97 Å². The molecule has 1 aliphatic heterocycles. The fourth-order valence-electron chi connectivity index (χ4n) is 2.10. The number of hydrogen-bond donors (Lipinski definition) is 1. The average molecular weight is 260 g/mol. The lowest BCUT2D eigenvalue weighted by Gasteiger charge is -2.32. The summed E-state index contributed by atoms with van der Waals surface area (Å²) in [4.78, 5) is 13.2. The number of hydrogen-bond acceptors (Lipinski definition) is 6. The highest BCUT2D eigenvalue weighted by Crippen LogP contribution is 2.04. The lowest BCUT2D eigenvalue weighted by atomic mass is 10.3. The van der Waals surface area contributed by atoms with Gasteiger partial charge in [-0.15, -0.1) is 0 Å². The second kappa shape index (κ2) is 6.45. The van der Waals surface area contributed by atoms with Crippen LogP contribution in [0.3, 0.4) is 0 Å². The number of rotatable bonds is 4. The van der Waals surface area contributed by atoms with E-state index >= 15 is 0 Å². The van der Waals surface area contributed by atoms with E-state index in [0.717, 1.165) is 45.0 Å². The molecule has 1 fully saturated rings. The lowest BCUT2D eigenvalue weighted by molar-refractivity contribution is 0.158. The molecule has 0 aliphatic carbocycles. The molecule has 1 aromatic heterocycles. The molecular weight excluding hydrogens is 240 g/mol. The van der Waals surface area contributed by atoms with Crippen molar-refractivity contribution in [1.29, 1.82) is 5.26 Å². The van der Waals surface area contributed by atoms with Crippen LogP contribution < -0.4 is 5.32 Å². The number of nitrogens with one attached hydrogen (secondary N) is 1. The predicted octanol–water partition coefficient (Wildman–Crippen LogP) is 0.316. The Bertz CT molecular complexity index is 459. The quantitative estimate of drug-likeness (QED) is 0.840. The number of nitrogens with zero attached hydrogens (tertiary/aromatic N) is 5. The minimum atomic E-state index is 0.412. The summed E-state index contributed by atoms with van der Waals surface area (Å²) in [6, 6.07) is 3.73. The van der Waals surface area contributed by atoms with Crippen molar-refractivity contribution in [3.63, 3.8) is 0 Å². The van der Waals surface area contributed by atoms with Crippen LogP contribution in [0.5, 0.6) is 0 Å².